The van der Waals surface area contributed by atoms with Gasteiger partial charge in [-0.05, 0) is 13.8 Å². The van der Waals surface area contributed by atoms with Gasteiger partial charge in [0.2, 0.25) is 11.9 Å². The molecule has 1 fully saturated rings. The Kier molecular flexibility index (Phi) is 3.64. The molecule has 6 heteroatoms. The normalized spacial score (nSPS) is 16.1. The minimum absolute atomic E-state index is 0.127. The van der Waals surface area contributed by atoms with Crippen LogP contribution in [-0.2, 0) is 4.79 Å². The molecule has 0 aliphatic carbocycles. The lowest BCUT2D eigenvalue weighted by molar-refractivity contribution is -0.129. The second kappa shape index (κ2) is 5.20. The summed E-state index contributed by atoms with van der Waals surface area (Å²) in [5.74, 6) is 1.57. The lowest BCUT2D eigenvalue weighted by Gasteiger charge is -2.32. The second-order valence-corrected chi connectivity index (χ2v) is 4.46. The number of piperazine rings is 1. The van der Waals surface area contributed by atoms with E-state index < -0.39 is 0 Å². The van der Waals surface area contributed by atoms with E-state index in [4.69, 9.17) is 0 Å². The van der Waals surface area contributed by atoms with Crippen molar-refractivity contribution in [2.24, 2.45) is 0 Å². The van der Waals surface area contributed by atoms with E-state index in [1.165, 1.54) is 0 Å². The van der Waals surface area contributed by atoms with Gasteiger partial charge in [0.15, 0.2) is 0 Å². The highest BCUT2D eigenvalue weighted by molar-refractivity contribution is 5.82. The predicted molar refractivity (Wildman–Crippen MR) is 70.8 cm³/mol. The smallest absolute Gasteiger partial charge is 0.241 e. The monoisotopic (exact) mass is 249 g/mol. The summed E-state index contributed by atoms with van der Waals surface area (Å²) in [6.07, 6.45) is 0. The second-order valence-electron chi connectivity index (χ2n) is 4.46. The predicted octanol–water partition coefficient (Wildman–Crippen LogP) is 0.495. The molecule has 98 valence electrons. The number of nitrogens with one attached hydrogen (secondary N) is 1. The summed E-state index contributed by atoms with van der Waals surface area (Å²) in [5, 5.41) is 3.10. The van der Waals surface area contributed by atoms with Crippen molar-refractivity contribution in [3.63, 3.8) is 0 Å². The molecule has 0 aromatic carbocycles. The van der Waals surface area contributed by atoms with E-state index in [0.29, 0.717) is 12.5 Å². The molecule has 1 amide bonds. The lowest BCUT2D eigenvalue weighted by Crippen LogP contribution is -2.48. The van der Waals surface area contributed by atoms with E-state index in [2.05, 4.69) is 15.3 Å². The summed E-state index contributed by atoms with van der Waals surface area (Å²) in [4.78, 5) is 24.2. The fourth-order valence-corrected chi connectivity index (χ4v) is 1.91. The van der Waals surface area contributed by atoms with Crippen LogP contribution in [-0.4, -0.2) is 54.0 Å². The highest BCUT2D eigenvalue weighted by Crippen LogP contribution is 2.16. The maximum absolute atomic E-state index is 11.7. The van der Waals surface area contributed by atoms with Crippen LogP contribution in [0.1, 0.15) is 12.6 Å². The van der Waals surface area contributed by atoms with Crippen LogP contribution in [0.5, 0.6) is 0 Å². The molecule has 1 aliphatic heterocycles. The average molecular weight is 249 g/mol. The summed E-state index contributed by atoms with van der Waals surface area (Å²) < 4.78 is 0. The SMILES string of the molecule is CCNc1nc(C)cc(N2CCN(C)C(=O)C2)n1. The van der Waals surface area contributed by atoms with Crippen molar-refractivity contribution in [3.8, 4) is 0 Å². The number of rotatable bonds is 3. The van der Waals surface area contributed by atoms with Crippen LogP contribution in [0.4, 0.5) is 11.8 Å². The molecule has 2 rings (SSSR count). The third-order valence-electron chi connectivity index (χ3n) is 2.96. The molecule has 6 nitrogen and oxygen atoms in total. The third kappa shape index (κ3) is 2.69. The number of aryl methyl sites for hydroxylation is 1. The standard InChI is InChI=1S/C12H19N5O/c1-4-13-12-14-9(2)7-10(15-12)17-6-5-16(3)11(18)8-17/h7H,4-6,8H2,1-3H3,(H,13,14,15). The van der Waals surface area contributed by atoms with E-state index in [0.717, 1.165) is 31.1 Å². The highest BCUT2D eigenvalue weighted by atomic mass is 16.2. The van der Waals surface area contributed by atoms with Gasteiger partial charge >= 0.3 is 0 Å². The van der Waals surface area contributed by atoms with Gasteiger partial charge in [-0.3, -0.25) is 4.79 Å². The summed E-state index contributed by atoms with van der Waals surface area (Å²) in [6, 6.07) is 1.92. The quantitative estimate of drug-likeness (QED) is 0.845. The Bertz CT molecular complexity index is 448. The molecule has 0 unspecified atom stereocenters. The first kappa shape index (κ1) is 12.6. The Morgan fingerprint density at radius 2 is 2.17 bits per heavy atom. The maximum Gasteiger partial charge on any atom is 0.241 e. The van der Waals surface area contributed by atoms with Gasteiger partial charge in [0.25, 0.3) is 0 Å². The molecule has 1 aliphatic rings. The van der Waals surface area contributed by atoms with Crippen molar-refractivity contribution in [2.45, 2.75) is 13.8 Å². The summed E-state index contributed by atoms with van der Waals surface area (Å²) in [5.41, 5.74) is 0.905. The van der Waals surface area contributed by atoms with Gasteiger partial charge in [0.1, 0.15) is 5.82 Å². The zero-order chi connectivity index (χ0) is 13.1. The van der Waals surface area contributed by atoms with Crippen LogP contribution >= 0.6 is 0 Å². The Hall–Kier alpha value is -1.85. The first-order valence-electron chi connectivity index (χ1n) is 6.18. The molecule has 0 spiro atoms. The third-order valence-corrected chi connectivity index (χ3v) is 2.96. The number of likely N-dealkylation sites (N-methyl/N-ethyl adjacent to an activating group) is 1. The molecular weight excluding hydrogens is 230 g/mol. The Morgan fingerprint density at radius 1 is 1.39 bits per heavy atom. The number of carbonyl (C=O) groups is 1. The van der Waals surface area contributed by atoms with Crippen LogP contribution in [0, 0.1) is 6.92 Å². The molecule has 1 aromatic rings. The topological polar surface area (TPSA) is 61.4 Å². The van der Waals surface area contributed by atoms with E-state index in [-0.39, 0.29) is 5.91 Å². The fourth-order valence-electron chi connectivity index (χ4n) is 1.91. The molecule has 2 heterocycles. The molecule has 1 N–H and O–H groups in total. The number of nitrogens with zero attached hydrogens (tertiary/aromatic N) is 4. The van der Waals surface area contributed by atoms with Gasteiger partial charge in [0, 0.05) is 38.4 Å². The molecule has 1 saturated heterocycles. The number of aromatic nitrogens is 2. The molecule has 18 heavy (non-hydrogen) atoms. The van der Waals surface area contributed by atoms with Crippen molar-refractivity contribution < 1.29 is 4.79 Å². The van der Waals surface area contributed by atoms with Gasteiger partial charge < -0.3 is 15.1 Å². The van der Waals surface area contributed by atoms with Gasteiger partial charge in [-0.1, -0.05) is 0 Å². The fraction of sp³-hybridized carbons (Fsp3) is 0.583. The molecular formula is C12H19N5O. The van der Waals surface area contributed by atoms with Gasteiger partial charge in [-0.15, -0.1) is 0 Å². The highest BCUT2D eigenvalue weighted by Gasteiger charge is 2.22. The first-order chi connectivity index (χ1) is 8.60. The molecule has 0 bridgehead atoms. The summed E-state index contributed by atoms with van der Waals surface area (Å²) >= 11 is 0. The number of hydrogen-bond acceptors (Lipinski definition) is 5. The number of amides is 1. The number of hydrogen-bond donors (Lipinski definition) is 1. The Labute approximate surface area is 107 Å². The van der Waals surface area contributed by atoms with Crippen LogP contribution in [0.2, 0.25) is 0 Å². The van der Waals surface area contributed by atoms with E-state index in [9.17, 15) is 4.79 Å². The lowest BCUT2D eigenvalue weighted by atomic mass is 10.3. The molecule has 1 aromatic heterocycles. The Balaban J connectivity index is 2.19. The molecule has 0 saturated carbocycles. The van der Waals surface area contributed by atoms with Crippen molar-refractivity contribution >= 4 is 17.7 Å². The van der Waals surface area contributed by atoms with Crippen molar-refractivity contribution in [1.29, 1.82) is 0 Å². The minimum atomic E-state index is 0.127. The van der Waals surface area contributed by atoms with E-state index >= 15 is 0 Å². The van der Waals surface area contributed by atoms with E-state index in [1.807, 2.05) is 31.9 Å². The van der Waals surface area contributed by atoms with Gasteiger partial charge in [-0.2, -0.15) is 4.98 Å². The van der Waals surface area contributed by atoms with Crippen molar-refractivity contribution in [2.75, 3.05) is 43.4 Å². The zero-order valence-electron chi connectivity index (χ0n) is 11.1. The average Bonchev–Trinajstić information content (AvgIpc) is 2.32. The minimum Gasteiger partial charge on any atom is -0.354 e. The molecule has 0 radical (unpaired) electrons. The van der Waals surface area contributed by atoms with Crippen LogP contribution in [0.15, 0.2) is 6.07 Å². The maximum atomic E-state index is 11.7. The largest absolute Gasteiger partial charge is 0.354 e. The zero-order valence-corrected chi connectivity index (χ0v) is 11.1. The first-order valence-corrected chi connectivity index (χ1v) is 6.18. The Morgan fingerprint density at radius 3 is 2.83 bits per heavy atom. The number of carbonyl (C=O) groups excluding carboxylic acids is 1. The van der Waals surface area contributed by atoms with Crippen molar-refractivity contribution in [3.05, 3.63) is 11.8 Å². The summed E-state index contributed by atoms with van der Waals surface area (Å²) in [7, 11) is 1.83. The van der Waals surface area contributed by atoms with Crippen LogP contribution in [0.25, 0.3) is 0 Å². The van der Waals surface area contributed by atoms with Gasteiger partial charge in [-0.25, -0.2) is 4.98 Å². The summed E-state index contributed by atoms with van der Waals surface area (Å²) in [6.45, 7) is 6.65. The molecule has 0 atom stereocenters. The van der Waals surface area contributed by atoms with Crippen LogP contribution < -0.4 is 10.2 Å². The number of anilines is 2. The van der Waals surface area contributed by atoms with Gasteiger partial charge in [0.05, 0.1) is 6.54 Å². The van der Waals surface area contributed by atoms with Crippen LogP contribution in [0.3, 0.4) is 0 Å². The van der Waals surface area contributed by atoms with Crippen molar-refractivity contribution in [1.82, 2.24) is 14.9 Å². The van der Waals surface area contributed by atoms with E-state index in [1.54, 1.807) is 4.90 Å².